The van der Waals surface area contributed by atoms with Crippen LogP contribution >= 0.6 is 12.2 Å². The zero-order valence-corrected chi connectivity index (χ0v) is 21.6. The van der Waals surface area contributed by atoms with E-state index in [1.54, 1.807) is 53.4 Å². The van der Waals surface area contributed by atoms with Crippen molar-refractivity contribution in [1.82, 2.24) is 10.2 Å². The first-order valence-corrected chi connectivity index (χ1v) is 12.4. The van der Waals surface area contributed by atoms with Crippen molar-refractivity contribution in [2.24, 2.45) is 0 Å². The van der Waals surface area contributed by atoms with Gasteiger partial charge in [0.25, 0.3) is 5.91 Å². The molecular formula is C26H32N4O5S. The quantitative estimate of drug-likeness (QED) is 0.421. The highest BCUT2D eigenvalue weighted by Crippen LogP contribution is 2.29. The summed E-state index contributed by atoms with van der Waals surface area (Å²) in [6.45, 7) is 7.07. The molecule has 0 saturated carbocycles. The number of nitrogens with zero attached hydrogens (tertiary/aromatic N) is 2. The Morgan fingerprint density at radius 2 is 1.64 bits per heavy atom. The van der Waals surface area contributed by atoms with Crippen molar-refractivity contribution in [2.75, 3.05) is 36.5 Å². The van der Waals surface area contributed by atoms with Crippen LogP contribution in [0.25, 0.3) is 0 Å². The molecule has 2 N–H and O–H groups in total. The van der Waals surface area contributed by atoms with Gasteiger partial charge in [-0.3, -0.25) is 19.3 Å². The SMILES string of the molecule is CCCOc1ccc(NC(=O)C[C@H]2C(=O)N(c3ccc(OCC)cc3)C(=S)N2CCNC(C)=O)cc1. The third-order valence-electron chi connectivity index (χ3n) is 5.44. The highest BCUT2D eigenvalue weighted by atomic mass is 32.1. The van der Waals surface area contributed by atoms with Gasteiger partial charge in [-0.05, 0) is 74.1 Å². The fourth-order valence-corrected chi connectivity index (χ4v) is 4.19. The number of amides is 3. The molecule has 36 heavy (non-hydrogen) atoms. The summed E-state index contributed by atoms with van der Waals surface area (Å²) in [6, 6.07) is 13.3. The van der Waals surface area contributed by atoms with Gasteiger partial charge in [-0.15, -0.1) is 0 Å². The van der Waals surface area contributed by atoms with Gasteiger partial charge in [0.05, 0.1) is 25.3 Å². The van der Waals surface area contributed by atoms with Crippen molar-refractivity contribution >= 4 is 46.4 Å². The Morgan fingerprint density at radius 1 is 1.00 bits per heavy atom. The maximum Gasteiger partial charge on any atom is 0.256 e. The maximum absolute atomic E-state index is 13.4. The van der Waals surface area contributed by atoms with Crippen LogP contribution in [0.2, 0.25) is 0 Å². The molecule has 192 valence electrons. The Morgan fingerprint density at radius 3 is 2.25 bits per heavy atom. The lowest BCUT2D eigenvalue weighted by Gasteiger charge is -2.24. The predicted octanol–water partition coefficient (Wildman–Crippen LogP) is 3.34. The highest BCUT2D eigenvalue weighted by Gasteiger charge is 2.43. The summed E-state index contributed by atoms with van der Waals surface area (Å²) in [5.74, 6) is 0.599. The van der Waals surface area contributed by atoms with E-state index in [0.29, 0.717) is 36.9 Å². The number of carbonyl (C=O) groups is 3. The monoisotopic (exact) mass is 512 g/mol. The van der Waals surface area contributed by atoms with Gasteiger partial charge in [-0.25, -0.2) is 0 Å². The molecule has 1 saturated heterocycles. The molecule has 1 aliphatic heterocycles. The molecule has 0 aromatic heterocycles. The van der Waals surface area contributed by atoms with Gasteiger partial charge in [-0.1, -0.05) is 6.92 Å². The lowest BCUT2D eigenvalue weighted by Crippen LogP contribution is -2.42. The average Bonchev–Trinajstić information content (AvgIpc) is 3.08. The minimum Gasteiger partial charge on any atom is -0.494 e. The van der Waals surface area contributed by atoms with Gasteiger partial charge in [-0.2, -0.15) is 0 Å². The Balaban J connectivity index is 1.74. The molecule has 10 heteroatoms. The molecule has 3 rings (SSSR count). The zero-order valence-electron chi connectivity index (χ0n) is 20.8. The Hall–Kier alpha value is -3.66. The number of benzene rings is 2. The third kappa shape index (κ3) is 6.94. The van der Waals surface area contributed by atoms with Gasteiger partial charge < -0.3 is 25.0 Å². The molecule has 0 unspecified atom stereocenters. The largest absolute Gasteiger partial charge is 0.494 e. The standard InChI is InChI=1S/C26H32N4O5S/c1-4-16-35-22-10-6-19(7-11-22)28-24(32)17-23-25(33)30(20-8-12-21(13-9-20)34-5-2)26(36)29(23)15-14-27-18(3)31/h6-13,23H,4-5,14-17H2,1-3H3,(H,27,31)(H,28,32)/t23-/m0/s1. The lowest BCUT2D eigenvalue weighted by molar-refractivity contribution is -0.124. The van der Waals surface area contributed by atoms with Crippen LogP contribution in [0.1, 0.15) is 33.6 Å². The van der Waals surface area contributed by atoms with Gasteiger partial charge in [0.1, 0.15) is 17.5 Å². The first-order valence-electron chi connectivity index (χ1n) is 12.0. The fourth-order valence-electron chi connectivity index (χ4n) is 3.78. The van der Waals surface area contributed by atoms with Crippen molar-refractivity contribution in [3.8, 4) is 11.5 Å². The second-order valence-electron chi connectivity index (χ2n) is 8.20. The lowest BCUT2D eigenvalue weighted by atomic mass is 10.1. The van der Waals surface area contributed by atoms with Crippen LogP contribution < -0.4 is 25.0 Å². The van der Waals surface area contributed by atoms with E-state index in [-0.39, 0.29) is 35.8 Å². The van der Waals surface area contributed by atoms with E-state index in [9.17, 15) is 14.4 Å². The van der Waals surface area contributed by atoms with Crippen LogP contribution in [0, 0.1) is 0 Å². The van der Waals surface area contributed by atoms with Crippen molar-refractivity contribution in [3.63, 3.8) is 0 Å². The number of rotatable bonds is 12. The van der Waals surface area contributed by atoms with Gasteiger partial charge in [0, 0.05) is 25.7 Å². The molecule has 0 spiro atoms. The van der Waals surface area contributed by atoms with Crippen LogP contribution in [0.4, 0.5) is 11.4 Å². The summed E-state index contributed by atoms with van der Waals surface area (Å²) in [5.41, 5.74) is 1.19. The fraction of sp³-hybridized carbons (Fsp3) is 0.385. The smallest absolute Gasteiger partial charge is 0.256 e. The first kappa shape index (κ1) is 26.9. The number of thiocarbonyl (C=S) groups is 1. The third-order valence-corrected chi connectivity index (χ3v) is 5.86. The van der Waals surface area contributed by atoms with Gasteiger partial charge in [0.15, 0.2) is 5.11 Å². The van der Waals surface area contributed by atoms with E-state index >= 15 is 0 Å². The minimum absolute atomic E-state index is 0.0966. The van der Waals surface area contributed by atoms with Gasteiger partial charge >= 0.3 is 0 Å². The normalized spacial score (nSPS) is 15.1. The number of nitrogens with one attached hydrogen (secondary N) is 2. The Kier molecular flexibility index (Phi) is 9.63. The Bertz CT molecular complexity index is 1070. The maximum atomic E-state index is 13.4. The first-order chi connectivity index (χ1) is 17.3. The molecule has 1 aliphatic rings. The summed E-state index contributed by atoms with van der Waals surface area (Å²) in [6.07, 6.45) is 0.808. The van der Waals surface area contributed by atoms with Crippen molar-refractivity contribution in [1.29, 1.82) is 0 Å². The molecule has 1 fully saturated rings. The van der Waals surface area contributed by atoms with E-state index in [1.807, 2.05) is 13.8 Å². The molecule has 2 aromatic rings. The average molecular weight is 513 g/mol. The van der Waals surface area contributed by atoms with E-state index in [1.165, 1.54) is 11.8 Å². The number of hydrogen-bond donors (Lipinski definition) is 2. The molecule has 0 bridgehead atoms. The molecule has 0 radical (unpaired) electrons. The molecule has 1 atom stereocenters. The molecule has 3 amide bonds. The second-order valence-corrected chi connectivity index (χ2v) is 8.57. The summed E-state index contributed by atoms with van der Waals surface area (Å²) >= 11 is 5.63. The van der Waals surface area contributed by atoms with Crippen molar-refractivity contribution in [2.45, 2.75) is 39.7 Å². The summed E-state index contributed by atoms with van der Waals surface area (Å²) < 4.78 is 11.1. The number of carbonyl (C=O) groups excluding carboxylic acids is 3. The van der Waals surface area contributed by atoms with Crippen LogP contribution in [0.3, 0.4) is 0 Å². The molecule has 1 heterocycles. The Labute approximate surface area is 216 Å². The highest BCUT2D eigenvalue weighted by molar-refractivity contribution is 7.80. The molecule has 9 nitrogen and oxygen atoms in total. The second kappa shape index (κ2) is 12.9. The van der Waals surface area contributed by atoms with E-state index in [0.717, 1.165) is 12.2 Å². The number of ether oxygens (including phenoxy) is 2. The predicted molar refractivity (Wildman–Crippen MR) is 142 cm³/mol. The number of anilines is 2. The molecule has 2 aromatic carbocycles. The molecule has 0 aliphatic carbocycles. The van der Waals surface area contributed by atoms with Crippen LogP contribution in [0.15, 0.2) is 48.5 Å². The number of hydrogen-bond acceptors (Lipinski definition) is 6. The van der Waals surface area contributed by atoms with E-state index in [2.05, 4.69) is 10.6 Å². The minimum atomic E-state index is -0.801. The van der Waals surface area contributed by atoms with Gasteiger partial charge in [0.2, 0.25) is 11.8 Å². The summed E-state index contributed by atoms with van der Waals surface area (Å²) in [5, 5.41) is 5.84. The van der Waals surface area contributed by atoms with Crippen LogP contribution in [-0.4, -0.2) is 60.1 Å². The van der Waals surface area contributed by atoms with Crippen LogP contribution in [-0.2, 0) is 14.4 Å². The van der Waals surface area contributed by atoms with E-state index < -0.39 is 6.04 Å². The van der Waals surface area contributed by atoms with Crippen LogP contribution in [0.5, 0.6) is 11.5 Å². The summed E-state index contributed by atoms with van der Waals surface area (Å²) in [7, 11) is 0. The summed E-state index contributed by atoms with van der Waals surface area (Å²) in [4.78, 5) is 40.8. The molecular weight excluding hydrogens is 480 g/mol. The van der Waals surface area contributed by atoms with Crippen molar-refractivity contribution in [3.05, 3.63) is 48.5 Å². The van der Waals surface area contributed by atoms with E-state index in [4.69, 9.17) is 21.7 Å². The van der Waals surface area contributed by atoms with Crippen molar-refractivity contribution < 1.29 is 23.9 Å². The topological polar surface area (TPSA) is 100 Å². The zero-order chi connectivity index (χ0) is 26.1.